The van der Waals surface area contributed by atoms with Gasteiger partial charge in [-0.25, -0.2) is 0 Å². The summed E-state index contributed by atoms with van der Waals surface area (Å²) in [6, 6.07) is 5.42. The monoisotopic (exact) mass is 240 g/mol. The van der Waals surface area contributed by atoms with Crippen LogP contribution in [0.25, 0.3) is 0 Å². The molecule has 0 amide bonds. The Bertz CT molecular complexity index is 326. The molecule has 1 fully saturated rings. The van der Waals surface area contributed by atoms with Gasteiger partial charge in [-0.2, -0.15) is 0 Å². The van der Waals surface area contributed by atoms with Gasteiger partial charge in [0, 0.05) is 17.7 Å². The Hall–Kier alpha value is -0.380. The number of hydrogen-bond donors (Lipinski definition) is 2. The van der Waals surface area contributed by atoms with E-state index in [2.05, 4.69) is 33.2 Å². The van der Waals surface area contributed by atoms with Gasteiger partial charge in [0.25, 0.3) is 0 Å². The molecule has 1 unspecified atom stereocenters. The van der Waals surface area contributed by atoms with E-state index in [1.165, 1.54) is 37.4 Å². The van der Waals surface area contributed by atoms with Crippen molar-refractivity contribution >= 4 is 11.3 Å². The summed E-state index contributed by atoms with van der Waals surface area (Å²) < 4.78 is 0. The van der Waals surface area contributed by atoms with Gasteiger partial charge >= 0.3 is 0 Å². The topological polar surface area (TPSA) is 8.88 Å². The fraction of sp³-hybridized carbons (Fsp3) is 0.692. The minimum atomic E-state index is 0.881. The third kappa shape index (κ3) is 3.06. The van der Waals surface area contributed by atoms with Gasteiger partial charge in [0.15, 0.2) is 0 Å². The van der Waals surface area contributed by atoms with E-state index in [0.717, 1.165) is 6.04 Å². The van der Waals surface area contributed by atoms with Crippen LogP contribution in [-0.4, -0.2) is 33.2 Å². The molecule has 2 heterocycles. The van der Waals surface area contributed by atoms with Crippen LogP contribution in [0.1, 0.15) is 22.6 Å². The third-order valence-electron chi connectivity index (χ3n) is 3.79. The number of quaternary nitrogens is 2. The second kappa shape index (κ2) is 5.30. The molecule has 2 rings (SSSR count). The van der Waals surface area contributed by atoms with E-state index >= 15 is 0 Å². The maximum Gasteiger partial charge on any atom is 0.112 e. The predicted molar refractivity (Wildman–Crippen MR) is 69.3 cm³/mol. The van der Waals surface area contributed by atoms with Gasteiger partial charge in [-0.05, 0) is 19.1 Å². The van der Waals surface area contributed by atoms with Crippen LogP contribution in [-0.2, 0) is 6.54 Å². The number of rotatable bonds is 3. The first-order valence-electron chi connectivity index (χ1n) is 6.34. The second-order valence-electron chi connectivity index (χ2n) is 5.27. The minimum Gasteiger partial charge on any atom is -0.337 e. The van der Waals surface area contributed by atoms with Crippen LogP contribution in [0, 0.1) is 6.92 Å². The third-order valence-corrected chi connectivity index (χ3v) is 4.79. The summed E-state index contributed by atoms with van der Waals surface area (Å²) in [7, 11) is 4.68. The maximum atomic E-state index is 2.36. The summed E-state index contributed by atoms with van der Waals surface area (Å²) in [6.07, 6.45) is 2.78. The second-order valence-corrected chi connectivity index (χ2v) is 6.64. The van der Waals surface area contributed by atoms with Crippen molar-refractivity contribution in [3.63, 3.8) is 0 Å². The number of aryl methyl sites for hydroxylation is 1. The maximum absolute atomic E-state index is 2.36. The summed E-state index contributed by atoms with van der Waals surface area (Å²) in [5.74, 6) is 0. The van der Waals surface area contributed by atoms with E-state index in [-0.39, 0.29) is 0 Å². The van der Waals surface area contributed by atoms with Gasteiger partial charge in [-0.3, -0.25) is 0 Å². The zero-order valence-electron chi connectivity index (χ0n) is 10.7. The summed E-state index contributed by atoms with van der Waals surface area (Å²) in [5, 5.41) is 0. The lowest BCUT2D eigenvalue weighted by molar-refractivity contribution is -0.948. The highest BCUT2D eigenvalue weighted by Gasteiger charge is 2.26. The molecule has 0 bridgehead atoms. The Kier molecular flexibility index (Phi) is 4.00. The van der Waals surface area contributed by atoms with Crippen molar-refractivity contribution in [3.8, 4) is 0 Å². The fourth-order valence-electron chi connectivity index (χ4n) is 2.60. The van der Waals surface area contributed by atoms with Gasteiger partial charge < -0.3 is 9.80 Å². The SMILES string of the molecule is Cc1ccc(C[NH+](C)C2CC[NH+](C)CC2)s1. The van der Waals surface area contributed by atoms with E-state index in [1.54, 1.807) is 14.7 Å². The minimum absolute atomic E-state index is 0.881. The van der Waals surface area contributed by atoms with Crippen LogP contribution in [0.2, 0.25) is 0 Å². The van der Waals surface area contributed by atoms with Crippen LogP contribution in [0.5, 0.6) is 0 Å². The fourth-order valence-corrected chi connectivity index (χ4v) is 3.59. The van der Waals surface area contributed by atoms with Crippen molar-refractivity contribution < 1.29 is 9.80 Å². The molecule has 1 aromatic heterocycles. The van der Waals surface area contributed by atoms with Gasteiger partial charge in [-0.1, -0.05) is 0 Å². The Morgan fingerprint density at radius 3 is 2.62 bits per heavy atom. The lowest BCUT2D eigenvalue weighted by Crippen LogP contribution is -3.17. The number of likely N-dealkylation sites (tertiary alicyclic amines) is 1. The highest BCUT2D eigenvalue weighted by atomic mass is 32.1. The zero-order chi connectivity index (χ0) is 11.5. The molecule has 1 aliphatic heterocycles. The first-order chi connectivity index (χ1) is 7.65. The molecule has 0 radical (unpaired) electrons. The molecular weight excluding hydrogens is 216 g/mol. The van der Waals surface area contributed by atoms with Crippen molar-refractivity contribution in [1.82, 2.24) is 0 Å². The van der Waals surface area contributed by atoms with Gasteiger partial charge in [-0.15, -0.1) is 11.3 Å². The molecule has 1 aromatic rings. The standard InChI is InChI=1S/C13H22N2S/c1-11-4-5-13(16-11)10-15(3)12-6-8-14(2)9-7-12/h4-5,12H,6-10H2,1-3H3/p+2. The molecule has 1 saturated heterocycles. The van der Waals surface area contributed by atoms with Gasteiger partial charge in [0.1, 0.15) is 6.54 Å². The summed E-state index contributed by atoms with van der Waals surface area (Å²) in [4.78, 5) is 6.39. The molecule has 0 aliphatic carbocycles. The Morgan fingerprint density at radius 2 is 2.06 bits per heavy atom. The first kappa shape index (κ1) is 12.1. The highest BCUT2D eigenvalue weighted by molar-refractivity contribution is 7.11. The molecule has 1 atom stereocenters. The molecule has 0 saturated carbocycles. The van der Waals surface area contributed by atoms with E-state index in [4.69, 9.17) is 0 Å². The molecule has 2 N–H and O–H groups in total. The number of hydrogen-bond acceptors (Lipinski definition) is 1. The molecule has 0 aromatic carbocycles. The summed E-state index contributed by atoms with van der Waals surface area (Å²) >= 11 is 1.95. The first-order valence-corrected chi connectivity index (χ1v) is 7.15. The zero-order valence-corrected chi connectivity index (χ0v) is 11.5. The molecular formula is C13H24N2S+2. The van der Waals surface area contributed by atoms with Crippen LogP contribution >= 0.6 is 11.3 Å². The summed E-state index contributed by atoms with van der Waals surface area (Å²) in [5.41, 5.74) is 0. The average molecular weight is 240 g/mol. The summed E-state index contributed by atoms with van der Waals surface area (Å²) in [6.45, 7) is 6.11. The largest absolute Gasteiger partial charge is 0.337 e. The van der Waals surface area contributed by atoms with Gasteiger partial charge in [0.2, 0.25) is 0 Å². The number of thiophene rings is 1. The predicted octanol–water partition coefficient (Wildman–Crippen LogP) is -0.252. The highest BCUT2D eigenvalue weighted by Crippen LogP contribution is 2.13. The van der Waals surface area contributed by atoms with E-state index < -0.39 is 0 Å². The van der Waals surface area contributed by atoms with Crippen LogP contribution in [0.4, 0.5) is 0 Å². The number of nitrogens with one attached hydrogen (secondary N) is 2. The van der Waals surface area contributed by atoms with Gasteiger partial charge in [0.05, 0.1) is 38.1 Å². The van der Waals surface area contributed by atoms with Crippen molar-refractivity contribution in [2.24, 2.45) is 0 Å². The normalized spacial score (nSPS) is 27.9. The van der Waals surface area contributed by atoms with Crippen LogP contribution in [0.3, 0.4) is 0 Å². The van der Waals surface area contributed by atoms with Crippen molar-refractivity contribution in [2.75, 3.05) is 27.2 Å². The molecule has 1 aliphatic rings. The quantitative estimate of drug-likeness (QED) is 0.721. The molecule has 90 valence electrons. The molecule has 2 nitrogen and oxygen atoms in total. The lowest BCUT2D eigenvalue weighted by atomic mass is 10.0. The van der Waals surface area contributed by atoms with Crippen LogP contribution < -0.4 is 9.80 Å². The van der Waals surface area contributed by atoms with Crippen molar-refractivity contribution in [1.29, 1.82) is 0 Å². The lowest BCUT2D eigenvalue weighted by Gasteiger charge is -2.30. The molecule has 3 heteroatoms. The van der Waals surface area contributed by atoms with E-state index in [1.807, 2.05) is 11.3 Å². The van der Waals surface area contributed by atoms with Crippen LogP contribution in [0.15, 0.2) is 12.1 Å². The van der Waals surface area contributed by atoms with Crippen molar-refractivity contribution in [3.05, 3.63) is 21.9 Å². The Balaban J connectivity index is 1.85. The molecule has 16 heavy (non-hydrogen) atoms. The Morgan fingerprint density at radius 1 is 1.38 bits per heavy atom. The molecule has 0 spiro atoms. The van der Waals surface area contributed by atoms with E-state index in [9.17, 15) is 0 Å². The van der Waals surface area contributed by atoms with Crippen molar-refractivity contribution in [2.45, 2.75) is 32.4 Å². The number of piperidine rings is 1. The van der Waals surface area contributed by atoms with E-state index in [0.29, 0.717) is 0 Å². The Labute approximate surface area is 103 Å². The smallest absolute Gasteiger partial charge is 0.112 e. The average Bonchev–Trinajstić information content (AvgIpc) is 2.65.